The van der Waals surface area contributed by atoms with E-state index in [2.05, 4.69) is 10.2 Å². The van der Waals surface area contributed by atoms with Gasteiger partial charge in [-0.3, -0.25) is 5.41 Å². The maximum absolute atomic E-state index is 9.72. The molecule has 0 radical (unpaired) electrons. The van der Waals surface area contributed by atoms with E-state index >= 15 is 0 Å². The van der Waals surface area contributed by atoms with Gasteiger partial charge in [0.1, 0.15) is 5.84 Å². The highest BCUT2D eigenvalue weighted by molar-refractivity contribution is 6.01. The molecule has 1 fully saturated rings. The highest BCUT2D eigenvalue weighted by Gasteiger charge is 2.24. The van der Waals surface area contributed by atoms with E-state index in [1.54, 1.807) is 0 Å². The average Bonchev–Trinajstić information content (AvgIpc) is 2.32. The van der Waals surface area contributed by atoms with Gasteiger partial charge in [-0.1, -0.05) is 0 Å². The summed E-state index contributed by atoms with van der Waals surface area (Å²) in [4.78, 5) is 1.96. The van der Waals surface area contributed by atoms with Gasteiger partial charge in [-0.15, -0.1) is 5.10 Å². The van der Waals surface area contributed by atoms with Gasteiger partial charge in [0.15, 0.2) is 5.82 Å². The van der Waals surface area contributed by atoms with E-state index in [1.807, 2.05) is 18.7 Å². The number of aliphatic hydroxyl groups excluding tert-OH is 1. The number of amidine groups is 1. The first-order chi connectivity index (χ1) is 8.50. The van der Waals surface area contributed by atoms with Crippen LogP contribution in [-0.4, -0.2) is 40.3 Å². The number of nitrogens with two attached hydrogens (primary N) is 1. The lowest BCUT2D eigenvalue weighted by atomic mass is 10.0. The summed E-state index contributed by atoms with van der Waals surface area (Å²) in [5.74, 6) is 0.616. The largest absolute Gasteiger partial charge is 0.391 e. The van der Waals surface area contributed by atoms with Crippen LogP contribution in [0.15, 0.2) is 0 Å². The number of piperidine rings is 1. The van der Waals surface area contributed by atoms with E-state index in [0.717, 1.165) is 30.6 Å². The zero-order chi connectivity index (χ0) is 13.3. The average molecular weight is 249 g/mol. The molecule has 0 bridgehead atoms. The summed E-state index contributed by atoms with van der Waals surface area (Å²) in [5, 5.41) is 25.7. The molecule has 2 rings (SSSR count). The number of β-amino-alcohol motifs (C(OH)–C–C–N with tert-alkyl or cyclic N) is 1. The fraction of sp³-hybridized carbons (Fsp3) is 0.583. The summed E-state index contributed by atoms with van der Waals surface area (Å²) in [5.41, 5.74) is 7.95. The van der Waals surface area contributed by atoms with Crippen LogP contribution < -0.4 is 10.6 Å². The van der Waals surface area contributed by atoms with E-state index in [9.17, 15) is 5.11 Å². The van der Waals surface area contributed by atoms with Gasteiger partial charge in [0.05, 0.1) is 17.4 Å². The summed E-state index contributed by atoms with van der Waals surface area (Å²) in [6.45, 7) is 5.08. The first kappa shape index (κ1) is 12.8. The van der Waals surface area contributed by atoms with Crippen LogP contribution in [0.2, 0.25) is 0 Å². The number of aromatic nitrogens is 2. The molecule has 1 aliphatic rings. The smallest absolute Gasteiger partial charge is 0.162 e. The van der Waals surface area contributed by atoms with Gasteiger partial charge in [-0.25, -0.2) is 0 Å². The van der Waals surface area contributed by atoms with E-state index in [1.165, 1.54) is 0 Å². The molecule has 6 nitrogen and oxygen atoms in total. The molecule has 4 N–H and O–H groups in total. The molecule has 1 atom stereocenters. The molecule has 6 heteroatoms. The quantitative estimate of drug-likeness (QED) is 0.518. The van der Waals surface area contributed by atoms with Crippen molar-refractivity contribution in [1.82, 2.24) is 10.2 Å². The van der Waals surface area contributed by atoms with Crippen LogP contribution >= 0.6 is 0 Å². The van der Waals surface area contributed by atoms with Crippen molar-refractivity contribution < 1.29 is 5.11 Å². The maximum Gasteiger partial charge on any atom is 0.162 e. The van der Waals surface area contributed by atoms with E-state index in [4.69, 9.17) is 11.1 Å². The van der Waals surface area contributed by atoms with Crippen LogP contribution in [-0.2, 0) is 0 Å². The van der Waals surface area contributed by atoms with Gasteiger partial charge in [-0.2, -0.15) is 5.10 Å². The third-order valence-electron chi connectivity index (χ3n) is 3.40. The number of aliphatic hydroxyl groups is 1. The second kappa shape index (κ2) is 4.89. The van der Waals surface area contributed by atoms with Crippen molar-refractivity contribution in [3.8, 4) is 0 Å². The van der Waals surface area contributed by atoms with Crippen molar-refractivity contribution in [1.29, 1.82) is 5.41 Å². The van der Waals surface area contributed by atoms with Crippen molar-refractivity contribution in [2.24, 2.45) is 5.73 Å². The fourth-order valence-electron chi connectivity index (χ4n) is 2.29. The molecule has 1 aromatic heterocycles. The molecule has 0 spiro atoms. The molecule has 18 heavy (non-hydrogen) atoms. The number of nitrogen functional groups attached to an aromatic ring is 1. The Balaban J connectivity index is 2.43. The zero-order valence-electron chi connectivity index (χ0n) is 10.8. The lowest BCUT2D eigenvalue weighted by Crippen LogP contribution is -2.40. The molecule has 98 valence electrons. The molecule has 1 saturated heterocycles. The molecule has 0 saturated carbocycles. The van der Waals surface area contributed by atoms with Crippen molar-refractivity contribution in [2.45, 2.75) is 32.8 Å². The fourth-order valence-corrected chi connectivity index (χ4v) is 2.29. The third kappa shape index (κ3) is 2.28. The predicted molar refractivity (Wildman–Crippen MR) is 70.0 cm³/mol. The molecular formula is C12H19N5O. The Morgan fingerprint density at radius 2 is 2.17 bits per heavy atom. The van der Waals surface area contributed by atoms with Gasteiger partial charge in [0, 0.05) is 13.1 Å². The van der Waals surface area contributed by atoms with Gasteiger partial charge in [0.25, 0.3) is 0 Å². The minimum absolute atomic E-state index is 0.000522. The highest BCUT2D eigenvalue weighted by Crippen LogP contribution is 2.24. The molecule has 0 amide bonds. The van der Waals surface area contributed by atoms with Gasteiger partial charge in [-0.05, 0) is 32.3 Å². The van der Waals surface area contributed by atoms with Crippen molar-refractivity contribution >= 4 is 11.7 Å². The Bertz CT molecular complexity index is 474. The summed E-state index contributed by atoms with van der Waals surface area (Å²) >= 11 is 0. The van der Waals surface area contributed by atoms with Crippen LogP contribution in [0.25, 0.3) is 0 Å². The number of hydrogen-bond acceptors (Lipinski definition) is 5. The minimum Gasteiger partial charge on any atom is -0.391 e. The Morgan fingerprint density at radius 3 is 2.78 bits per heavy atom. The maximum atomic E-state index is 9.72. The molecule has 1 aliphatic heterocycles. The first-order valence-corrected chi connectivity index (χ1v) is 6.12. The van der Waals surface area contributed by atoms with Crippen molar-refractivity contribution in [3.63, 3.8) is 0 Å². The first-order valence-electron chi connectivity index (χ1n) is 6.12. The summed E-state index contributed by atoms with van der Waals surface area (Å²) < 4.78 is 0. The van der Waals surface area contributed by atoms with Crippen LogP contribution in [0.5, 0.6) is 0 Å². The lowest BCUT2D eigenvalue weighted by Gasteiger charge is -2.32. The van der Waals surface area contributed by atoms with E-state index < -0.39 is 0 Å². The standard InChI is InChI=1S/C12H19N5O/c1-7-8(2)15-16-12(10(7)11(13)14)17-5-3-4-9(18)6-17/h9,18H,3-6H2,1-2H3,(H3,13,14). The van der Waals surface area contributed by atoms with E-state index in [0.29, 0.717) is 17.9 Å². The summed E-state index contributed by atoms with van der Waals surface area (Å²) in [6.07, 6.45) is 1.37. The molecule has 0 aliphatic carbocycles. The zero-order valence-corrected chi connectivity index (χ0v) is 10.8. The number of hydrogen-bond donors (Lipinski definition) is 3. The van der Waals surface area contributed by atoms with Gasteiger partial charge >= 0.3 is 0 Å². The molecule has 1 aromatic rings. The SMILES string of the molecule is Cc1nnc(N2CCCC(O)C2)c(C(=N)N)c1C. The van der Waals surface area contributed by atoms with Crippen LogP contribution in [0.1, 0.15) is 29.7 Å². The molecule has 1 unspecified atom stereocenters. The lowest BCUT2D eigenvalue weighted by molar-refractivity contribution is 0.153. The summed E-state index contributed by atoms with van der Waals surface area (Å²) in [6, 6.07) is 0. The second-order valence-electron chi connectivity index (χ2n) is 4.76. The van der Waals surface area contributed by atoms with Gasteiger partial charge < -0.3 is 15.7 Å². The molecule has 0 aromatic carbocycles. The predicted octanol–water partition coefficient (Wildman–Crippen LogP) is 0.339. The minimum atomic E-state index is -0.345. The molecular weight excluding hydrogens is 230 g/mol. The number of rotatable bonds is 2. The Kier molecular flexibility index (Phi) is 3.47. The van der Waals surface area contributed by atoms with Crippen LogP contribution in [0, 0.1) is 19.3 Å². The van der Waals surface area contributed by atoms with Gasteiger partial charge in [0.2, 0.25) is 0 Å². The second-order valence-corrected chi connectivity index (χ2v) is 4.76. The number of nitrogens with one attached hydrogen (secondary N) is 1. The monoisotopic (exact) mass is 249 g/mol. The third-order valence-corrected chi connectivity index (χ3v) is 3.40. The van der Waals surface area contributed by atoms with E-state index in [-0.39, 0.29) is 11.9 Å². The molecule has 2 heterocycles. The Hall–Kier alpha value is -1.69. The Labute approximate surface area is 106 Å². The highest BCUT2D eigenvalue weighted by atomic mass is 16.3. The number of nitrogens with zero attached hydrogens (tertiary/aromatic N) is 3. The topological polar surface area (TPSA) is 99.1 Å². The van der Waals surface area contributed by atoms with Crippen LogP contribution in [0.4, 0.5) is 5.82 Å². The Morgan fingerprint density at radius 1 is 1.44 bits per heavy atom. The number of aryl methyl sites for hydroxylation is 1. The normalized spacial score (nSPS) is 19.9. The van der Waals surface area contributed by atoms with Crippen molar-refractivity contribution in [3.05, 3.63) is 16.8 Å². The van der Waals surface area contributed by atoms with Crippen LogP contribution in [0.3, 0.4) is 0 Å². The van der Waals surface area contributed by atoms with Crippen molar-refractivity contribution in [2.75, 3.05) is 18.0 Å². The summed E-state index contributed by atoms with van der Waals surface area (Å²) in [7, 11) is 0. The number of anilines is 1.